The maximum absolute atomic E-state index is 12.1. The van der Waals surface area contributed by atoms with Crippen LogP contribution in [0.15, 0.2) is 24.3 Å². The van der Waals surface area contributed by atoms with Crippen LogP contribution in [0.25, 0.3) is 0 Å². The van der Waals surface area contributed by atoms with E-state index in [2.05, 4.69) is 0 Å². The minimum Gasteiger partial charge on any atom is -0.335 e. The smallest absolute Gasteiger partial charge is 0.247 e. The molecule has 102 valence electrons. The highest BCUT2D eigenvalue weighted by Gasteiger charge is 2.29. The van der Waals surface area contributed by atoms with Crippen LogP contribution in [0.3, 0.4) is 0 Å². The molecule has 5 nitrogen and oxygen atoms in total. The monoisotopic (exact) mass is 261 g/mol. The highest BCUT2D eigenvalue weighted by molar-refractivity contribution is 6.04. The predicted octanol–water partition coefficient (Wildman–Crippen LogP) is 0.381. The number of hydrogen-bond acceptors (Lipinski definition) is 3. The summed E-state index contributed by atoms with van der Waals surface area (Å²) in [5.74, 6) is -0.102. The zero-order valence-corrected chi connectivity index (χ0v) is 11.3. The van der Waals surface area contributed by atoms with Gasteiger partial charge in [0, 0.05) is 18.8 Å². The van der Waals surface area contributed by atoms with E-state index in [1.807, 2.05) is 31.2 Å². The maximum atomic E-state index is 12.1. The van der Waals surface area contributed by atoms with Gasteiger partial charge in [0.25, 0.3) is 0 Å². The number of hydrogen-bond donors (Lipinski definition) is 1. The Kier molecular flexibility index (Phi) is 3.85. The first kappa shape index (κ1) is 13.5. The number of rotatable bonds is 3. The molecule has 2 amide bonds. The number of benzene rings is 1. The molecule has 1 unspecified atom stereocenters. The minimum absolute atomic E-state index is 0.0133. The number of carbonyl (C=O) groups is 2. The lowest BCUT2D eigenvalue weighted by atomic mass is 10.0. The van der Waals surface area contributed by atoms with E-state index >= 15 is 0 Å². The molecule has 5 heteroatoms. The molecule has 0 aliphatic carbocycles. The van der Waals surface area contributed by atoms with Crippen LogP contribution in [0.2, 0.25) is 0 Å². The second-order valence-corrected chi connectivity index (χ2v) is 5.04. The highest BCUT2D eigenvalue weighted by Crippen LogP contribution is 2.23. The molecule has 0 spiro atoms. The van der Waals surface area contributed by atoms with Crippen molar-refractivity contribution in [3.63, 3.8) is 0 Å². The number of anilines is 1. The van der Waals surface area contributed by atoms with Crippen molar-refractivity contribution < 1.29 is 9.59 Å². The van der Waals surface area contributed by atoms with Gasteiger partial charge in [0.05, 0.1) is 6.54 Å². The van der Waals surface area contributed by atoms with Gasteiger partial charge >= 0.3 is 0 Å². The van der Waals surface area contributed by atoms with Gasteiger partial charge in [-0.15, -0.1) is 0 Å². The number of nitrogens with two attached hydrogens (primary N) is 1. The van der Waals surface area contributed by atoms with E-state index in [4.69, 9.17) is 5.73 Å². The van der Waals surface area contributed by atoms with Gasteiger partial charge in [-0.2, -0.15) is 0 Å². The SMILES string of the molecule is CC(N)Cc1ccccc1N1CC(=O)N(C)CC1=O. The van der Waals surface area contributed by atoms with Crippen LogP contribution in [0, 0.1) is 0 Å². The van der Waals surface area contributed by atoms with Crippen molar-refractivity contribution in [3.05, 3.63) is 29.8 Å². The summed E-state index contributed by atoms with van der Waals surface area (Å²) >= 11 is 0. The molecule has 1 fully saturated rings. The van der Waals surface area contributed by atoms with Crippen LogP contribution >= 0.6 is 0 Å². The van der Waals surface area contributed by atoms with Crippen LogP contribution in [0.4, 0.5) is 5.69 Å². The Labute approximate surface area is 113 Å². The van der Waals surface area contributed by atoms with Gasteiger partial charge in [-0.05, 0) is 25.0 Å². The lowest BCUT2D eigenvalue weighted by molar-refractivity contribution is -0.136. The Morgan fingerprint density at radius 3 is 2.58 bits per heavy atom. The van der Waals surface area contributed by atoms with Gasteiger partial charge in [-0.3, -0.25) is 9.59 Å². The van der Waals surface area contributed by atoms with Gasteiger partial charge in [-0.25, -0.2) is 0 Å². The molecule has 1 saturated heterocycles. The molecular weight excluding hydrogens is 242 g/mol. The second-order valence-electron chi connectivity index (χ2n) is 5.04. The molecule has 2 rings (SSSR count). The average molecular weight is 261 g/mol. The van der Waals surface area contributed by atoms with Crippen LogP contribution < -0.4 is 10.6 Å². The predicted molar refractivity (Wildman–Crippen MR) is 73.8 cm³/mol. The van der Waals surface area contributed by atoms with E-state index in [1.54, 1.807) is 11.9 Å². The first-order chi connectivity index (χ1) is 8.99. The molecular formula is C14H19N3O2. The fraction of sp³-hybridized carbons (Fsp3) is 0.429. The third-order valence-electron chi connectivity index (χ3n) is 3.22. The van der Waals surface area contributed by atoms with E-state index in [0.29, 0.717) is 6.42 Å². The van der Waals surface area contributed by atoms with Crippen molar-refractivity contribution in [2.45, 2.75) is 19.4 Å². The largest absolute Gasteiger partial charge is 0.335 e. The van der Waals surface area contributed by atoms with Gasteiger partial charge < -0.3 is 15.5 Å². The third-order valence-corrected chi connectivity index (χ3v) is 3.22. The quantitative estimate of drug-likeness (QED) is 0.855. The van der Waals surface area contributed by atoms with Crippen molar-refractivity contribution >= 4 is 17.5 Å². The van der Waals surface area contributed by atoms with Gasteiger partial charge in [0.15, 0.2) is 0 Å². The Hall–Kier alpha value is -1.88. The summed E-state index contributed by atoms with van der Waals surface area (Å²) < 4.78 is 0. The summed E-state index contributed by atoms with van der Waals surface area (Å²) in [6, 6.07) is 7.63. The van der Waals surface area contributed by atoms with E-state index in [1.165, 1.54) is 4.90 Å². The minimum atomic E-state index is -0.0563. The molecule has 1 heterocycles. The summed E-state index contributed by atoms with van der Waals surface area (Å²) in [5.41, 5.74) is 7.63. The molecule has 1 aromatic rings. The number of nitrogens with zero attached hydrogens (tertiary/aromatic N) is 2. The van der Waals surface area contributed by atoms with Crippen LogP contribution in [-0.4, -0.2) is 42.9 Å². The summed E-state index contributed by atoms with van der Waals surface area (Å²) in [6.07, 6.45) is 0.685. The van der Waals surface area contributed by atoms with Crippen molar-refractivity contribution in [3.8, 4) is 0 Å². The lowest BCUT2D eigenvalue weighted by Crippen LogP contribution is -2.52. The average Bonchev–Trinajstić information content (AvgIpc) is 2.34. The molecule has 0 aromatic heterocycles. The van der Waals surface area contributed by atoms with E-state index in [0.717, 1.165) is 11.3 Å². The molecule has 1 aliphatic heterocycles. The zero-order chi connectivity index (χ0) is 14.0. The fourth-order valence-electron chi connectivity index (χ4n) is 2.23. The summed E-state index contributed by atoms with van der Waals surface area (Å²) in [7, 11) is 1.64. The normalized spacial score (nSPS) is 17.8. The molecule has 19 heavy (non-hydrogen) atoms. The van der Waals surface area contributed by atoms with Crippen LogP contribution in [0.1, 0.15) is 12.5 Å². The number of likely N-dealkylation sites (N-methyl/N-ethyl adjacent to an activating group) is 1. The maximum Gasteiger partial charge on any atom is 0.247 e. The summed E-state index contributed by atoms with van der Waals surface area (Å²) in [6.45, 7) is 2.16. The second kappa shape index (κ2) is 5.40. The van der Waals surface area contributed by atoms with Crippen molar-refractivity contribution in [2.75, 3.05) is 25.0 Å². The summed E-state index contributed by atoms with van der Waals surface area (Å²) in [5, 5.41) is 0. The number of para-hydroxylation sites is 1. The van der Waals surface area contributed by atoms with E-state index in [9.17, 15) is 9.59 Å². The Balaban J connectivity index is 2.30. The van der Waals surface area contributed by atoms with Gasteiger partial charge in [0.2, 0.25) is 11.8 Å². The fourth-order valence-corrected chi connectivity index (χ4v) is 2.23. The van der Waals surface area contributed by atoms with Gasteiger partial charge in [-0.1, -0.05) is 18.2 Å². The first-order valence-corrected chi connectivity index (χ1v) is 6.37. The van der Waals surface area contributed by atoms with Crippen LogP contribution in [0.5, 0.6) is 0 Å². The third kappa shape index (κ3) is 2.93. The number of piperazine rings is 1. The molecule has 0 saturated carbocycles. The standard InChI is InChI=1S/C14H19N3O2/c1-10(15)7-11-5-3-4-6-12(11)17-9-13(18)16(2)8-14(17)19/h3-6,10H,7-9,15H2,1-2H3. The Bertz CT molecular complexity index is 499. The molecule has 1 aliphatic rings. The highest BCUT2D eigenvalue weighted by atomic mass is 16.2. The number of carbonyl (C=O) groups excluding carboxylic acids is 2. The van der Waals surface area contributed by atoms with Crippen molar-refractivity contribution in [1.29, 1.82) is 0 Å². The molecule has 0 bridgehead atoms. The van der Waals surface area contributed by atoms with Crippen molar-refractivity contribution in [2.24, 2.45) is 5.73 Å². The Morgan fingerprint density at radius 1 is 1.21 bits per heavy atom. The first-order valence-electron chi connectivity index (χ1n) is 6.37. The molecule has 0 radical (unpaired) electrons. The molecule has 1 aromatic carbocycles. The molecule has 2 N–H and O–H groups in total. The zero-order valence-electron chi connectivity index (χ0n) is 11.3. The van der Waals surface area contributed by atoms with E-state index in [-0.39, 0.29) is 30.9 Å². The summed E-state index contributed by atoms with van der Waals surface area (Å²) in [4.78, 5) is 26.9. The molecule has 1 atom stereocenters. The van der Waals surface area contributed by atoms with Gasteiger partial charge in [0.1, 0.15) is 6.54 Å². The number of amides is 2. The van der Waals surface area contributed by atoms with E-state index < -0.39 is 0 Å². The van der Waals surface area contributed by atoms with Crippen molar-refractivity contribution in [1.82, 2.24) is 4.90 Å². The topological polar surface area (TPSA) is 66.6 Å². The van der Waals surface area contributed by atoms with Crippen LogP contribution in [-0.2, 0) is 16.0 Å². The lowest BCUT2D eigenvalue weighted by Gasteiger charge is -2.33. The Morgan fingerprint density at radius 2 is 1.89 bits per heavy atom.